The summed E-state index contributed by atoms with van der Waals surface area (Å²) in [6, 6.07) is 16.6. The van der Waals surface area contributed by atoms with Crippen molar-refractivity contribution in [3.8, 4) is 0 Å². The third-order valence-electron chi connectivity index (χ3n) is 5.02. The summed E-state index contributed by atoms with van der Waals surface area (Å²) in [4.78, 5) is 12.5. The van der Waals surface area contributed by atoms with Crippen molar-refractivity contribution in [1.82, 2.24) is 5.32 Å². The number of benzene rings is 2. The van der Waals surface area contributed by atoms with Crippen LogP contribution in [0.25, 0.3) is 0 Å². The van der Waals surface area contributed by atoms with Crippen LogP contribution in [0.2, 0.25) is 0 Å². The van der Waals surface area contributed by atoms with E-state index < -0.39 is 0 Å². The summed E-state index contributed by atoms with van der Waals surface area (Å²) >= 11 is 0. The highest BCUT2D eigenvalue weighted by atomic mass is 35.5. The summed E-state index contributed by atoms with van der Waals surface area (Å²) in [5.41, 5.74) is 10.2. The van der Waals surface area contributed by atoms with Crippen LogP contribution in [0.4, 0.5) is 0 Å². The number of nitrogens with one attached hydrogen (secondary N) is 1. The van der Waals surface area contributed by atoms with Crippen LogP contribution in [0.5, 0.6) is 0 Å². The highest BCUT2D eigenvalue weighted by molar-refractivity contribution is 5.96. The molecule has 0 radical (unpaired) electrons. The average molecular weight is 345 g/mol. The van der Waals surface area contributed by atoms with Gasteiger partial charge in [-0.3, -0.25) is 4.79 Å². The molecule has 0 bridgehead atoms. The van der Waals surface area contributed by atoms with E-state index in [1.807, 2.05) is 38.1 Å². The van der Waals surface area contributed by atoms with Crippen molar-refractivity contribution in [3.05, 3.63) is 70.8 Å². The van der Waals surface area contributed by atoms with E-state index in [4.69, 9.17) is 5.73 Å². The lowest BCUT2D eigenvalue weighted by Gasteiger charge is -2.48. The van der Waals surface area contributed by atoms with E-state index in [2.05, 4.69) is 29.6 Å². The molecule has 24 heavy (non-hydrogen) atoms. The number of carbonyl (C=O) groups excluding carboxylic acids is 1. The largest absolute Gasteiger partial charge is 0.349 e. The summed E-state index contributed by atoms with van der Waals surface area (Å²) in [5, 5.41) is 3.17. The fraction of sp³-hybridized carbons (Fsp3) is 0.350. The van der Waals surface area contributed by atoms with Crippen LogP contribution in [0.1, 0.15) is 39.9 Å². The van der Waals surface area contributed by atoms with Crippen LogP contribution in [0.15, 0.2) is 48.5 Å². The minimum Gasteiger partial charge on any atom is -0.349 e. The Kier molecular flexibility index (Phi) is 5.68. The molecule has 1 amide bonds. The fourth-order valence-electron chi connectivity index (χ4n) is 3.54. The molecular formula is C20H25ClN2O. The zero-order valence-corrected chi connectivity index (χ0v) is 15.0. The number of hydrogen-bond acceptors (Lipinski definition) is 2. The zero-order valence-electron chi connectivity index (χ0n) is 14.2. The molecule has 0 saturated heterocycles. The molecule has 1 aliphatic carbocycles. The van der Waals surface area contributed by atoms with Crippen LogP contribution in [0, 0.1) is 13.8 Å². The van der Waals surface area contributed by atoms with Crippen molar-refractivity contribution >= 4 is 18.3 Å². The van der Waals surface area contributed by atoms with Crippen LogP contribution in [-0.2, 0) is 5.41 Å². The number of amides is 1. The van der Waals surface area contributed by atoms with Crippen molar-refractivity contribution < 1.29 is 4.79 Å². The second-order valence-electron chi connectivity index (χ2n) is 6.75. The van der Waals surface area contributed by atoms with Gasteiger partial charge in [0.15, 0.2) is 0 Å². The highest BCUT2D eigenvalue weighted by Crippen LogP contribution is 2.43. The Morgan fingerprint density at radius 3 is 2.46 bits per heavy atom. The molecule has 0 unspecified atom stereocenters. The van der Waals surface area contributed by atoms with Gasteiger partial charge in [-0.05, 0) is 43.9 Å². The van der Waals surface area contributed by atoms with Crippen LogP contribution in [-0.4, -0.2) is 18.5 Å². The Morgan fingerprint density at radius 2 is 1.83 bits per heavy atom. The Bertz CT molecular complexity index is 709. The van der Waals surface area contributed by atoms with Gasteiger partial charge in [-0.25, -0.2) is 0 Å². The summed E-state index contributed by atoms with van der Waals surface area (Å²) in [6.45, 7) is 4.60. The summed E-state index contributed by atoms with van der Waals surface area (Å²) in [5.74, 6) is 0.0230. The van der Waals surface area contributed by atoms with Gasteiger partial charge in [0.2, 0.25) is 0 Å². The van der Waals surface area contributed by atoms with Crippen molar-refractivity contribution in [2.75, 3.05) is 6.54 Å². The average Bonchev–Trinajstić information content (AvgIpc) is 2.53. The van der Waals surface area contributed by atoms with Gasteiger partial charge in [0.25, 0.3) is 5.91 Å². The molecule has 0 heterocycles. The fourth-order valence-corrected chi connectivity index (χ4v) is 3.54. The van der Waals surface area contributed by atoms with E-state index in [0.29, 0.717) is 6.54 Å². The zero-order chi connectivity index (χ0) is 16.4. The summed E-state index contributed by atoms with van der Waals surface area (Å²) < 4.78 is 0. The molecular weight excluding hydrogens is 320 g/mol. The van der Waals surface area contributed by atoms with Crippen molar-refractivity contribution in [2.45, 2.75) is 38.1 Å². The van der Waals surface area contributed by atoms with E-state index in [0.717, 1.165) is 29.5 Å². The van der Waals surface area contributed by atoms with E-state index in [-0.39, 0.29) is 29.8 Å². The molecule has 3 rings (SSSR count). The minimum absolute atomic E-state index is 0. The Morgan fingerprint density at radius 1 is 1.17 bits per heavy atom. The van der Waals surface area contributed by atoms with Gasteiger partial charge in [0.05, 0.1) is 0 Å². The van der Waals surface area contributed by atoms with Crippen LogP contribution in [0.3, 0.4) is 0 Å². The van der Waals surface area contributed by atoms with Crippen molar-refractivity contribution in [1.29, 1.82) is 0 Å². The number of aryl methyl sites for hydroxylation is 2. The first kappa shape index (κ1) is 18.5. The molecule has 3 N–H and O–H groups in total. The molecule has 1 aliphatic rings. The van der Waals surface area contributed by atoms with Gasteiger partial charge in [0, 0.05) is 23.6 Å². The first-order valence-corrected chi connectivity index (χ1v) is 8.18. The first-order valence-electron chi connectivity index (χ1n) is 8.18. The highest BCUT2D eigenvalue weighted by Gasteiger charge is 2.45. The maximum atomic E-state index is 12.5. The Labute approximate surface area is 150 Å². The second kappa shape index (κ2) is 7.37. The maximum Gasteiger partial charge on any atom is 0.251 e. The standard InChI is InChI=1S/C20H24N2O.ClH/c1-14-8-9-15(2)18(10-14)19(23)22-17-11-20(12-17,13-21)16-6-4-3-5-7-16;/h3-10,17H,11-13,21H2,1-2H3,(H,22,23);1H. The number of halogens is 1. The minimum atomic E-state index is 0. The van der Waals surface area contributed by atoms with Gasteiger partial charge in [-0.1, -0.05) is 48.0 Å². The molecule has 3 nitrogen and oxygen atoms in total. The molecule has 0 aliphatic heterocycles. The Hall–Kier alpha value is -1.84. The molecule has 2 aromatic rings. The maximum absolute atomic E-state index is 12.5. The Balaban J connectivity index is 0.00000208. The topological polar surface area (TPSA) is 55.1 Å². The van der Waals surface area contributed by atoms with Crippen molar-refractivity contribution in [3.63, 3.8) is 0 Å². The molecule has 128 valence electrons. The number of hydrogen-bond donors (Lipinski definition) is 2. The number of carbonyl (C=O) groups is 1. The number of rotatable bonds is 4. The lowest BCUT2D eigenvalue weighted by atomic mass is 9.61. The molecule has 0 aromatic heterocycles. The summed E-state index contributed by atoms with van der Waals surface area (Å²) in [6.07, 6.45) is 1.81. The van der Waals surface area contributed by atoms with E-state index in [9.17, 15) is 4.79 Å². The smallest absolute Gasteiger partial charge is 0.251 e. The van der Waals surface area contributed by atoms with Crippen molar-refractivity contribution in [2.24, 2.45) is 5.73 Å². The van der Waals surface area contributed by atoms with Gasteiger partial charge in [-0.2, -0.15) is 0 Å². The quantitative estimate of drug-likeness (QED) is 0.891. The van der Waals surface area contributed by atoms with E-state index in [1.165, 1.54) is 5.56 Å². The SMILES string of the molecule is Cc1ccc(C)c(C(=O)NC2CC(CN)(c3ccccc3)C2)c1.Cl. The van der Waals surface area contributed by atoms with E-state index in [1.54, 1.807) is 0 Å². The van der Waals surface area contributed by atoms with E-state index >= 15 is 0 Å². The molecule has 2 aromatic carbocycles. The van der Waals surface area contributed by atoms with Gasteiger partial charge >= 0.3 is 0 Å². The van der Waals surface area contributed by atoms with Crippen LogP contribution >= 0.6 is 12.4 Å². The normalized spacial score (nSPS) is 22.2. The molecule has 4 heteroatoms. The van der Waals surface area contributed by atoms with Crippen LogP contribution < -0.4 is 11.1 Å². The molecule has 0 spiro atoms. The second-order valence-corrected chi connectivity index (χ2v) is 6.75. The first-order chi connectivity index (χ1) is 11.0. The lowest BCUT2D eigenvalue weighted by Crippen LogP contribution is -2.56. The molecule has 1 saturated carbocycles. The predicted molar refractivity (Wildman–Crippen MR) is 101 cm³/mol. The lowest BCUT2D eigenvalue weighted by molar-refractivity contribution is 0.0866. The molecule has 0 atom stereocenters. The monoisotopic (exact) mass is 344 g/mol. The predicted octanol–water partition coefficient (Wildman–Crippen LogP) is 3.51. The summed E-state index contributed by atoms with van der Waals surface area (Å²) in [7, 11) is 0. The van der Waals surface area contributed by atoms with Gasteiger partial charge in [0.1, 0.15) is 0 Å². The van der Waals surface area contributed by atoms with Gasteiger partial charge in [-0.15, -0.1) is 12.4 Å². The van der Waals surface area contributed by atoms with Gasteiger partial charge < -0.3 is 11.1 Å². The third-order valence-corrected chi connectivity index (χ3v) is 5.02. The number of nitrogens with two attached hydrogens (primary N) is 1. The molecule has 1 fully saturated rings. The third kappa shape index (κ3) is 3.47.